The van der Waals surface area contributed by atoms with E-state index >= 15 is 0 Å². The van der Waals surface area contributed by atoms with Crippen molar-refractivity contribution in [3.63, 3.8) is 0 Å². The molecule has 430 valence electrons. The van der Waals surface area contributed by atoms with Crippen LogP contribution < -0.4 is 0 Å². The van der Waals surface area contributed by atoms with Gasteiger partial charge in [0.15, 0.2) is 0 Å². The summed E-state index contributed by atoms with van der Waals surface area (Å²) in [5.74, 6) is 0.154. The van der Waals surface area contributed by atoms with Crippen LogP contribution in [0.4, 0.5) is 0 Å². The topological polar surface area (TPSA) is 178 Å². The van der Waals surface area contributed by atoms with Crippen LogP contribution in [0.15, 0.2) is 47.6 Å². The van der Waals surface area contributed by atoms with Crippen LogP contribution in [0.2, 0.25) is 0 Å². The highest BCUT2D eigenvalue weighted by Crippen LogP contribution is 2.48. The molecule has 5 aliphatic rings. The van der Waals surface area contributed by atoms with Gasteiger partial charge in [0.2, 0.25) is 0 Å². The van der Waals surface area contributed by atoms with E-state index in [0.717, 1.165) is 25.7 Å². The van der Waals surface area contributed by atoms with E-state index in [4.69, 9.17) is 28.4 Å². The summed E-state index contributed by atoms with van der Waals surface area (Å²) >= 11 is 0. The molecule has 1 N–H and O–H groups in total. The first kappa shape index (κ1) is 64.3. The third-order valence-corrected chi connectivity index (χ3v) is 18.0. The number of ether oxygens (including phenoxy) is 6. The summed E-state index contributed by atoms with van der Waals surface area (Å²) in [6.45, 7) is 31.7. The first-order valence-corrected chi connectivity index (χ1v) is 29.0. The molecule has 0 aromatic rings. The molecule has 5 rings (SSSR count). The van der Waals surface area contributed by atoms with Crippen molar-refractivity contribution in [2.75, 3.05) is 7.11 Å². The average molecular weight is 1070 g/mol. The van der Waals surface area contributed by atoms with E-state index in [0.29, 0.717) is 62.7 Å². The predicted molar refractivity (Wildman–Crippen MR) is 295 cm³/mol. The number of hydrogen-bond donors (Lipinski definition) is 1. The number of rotatable bonds is 22. The van der Waals surface area contributed by atoms with Crippen molar-refractivity contribution in [1.29, 1.82) is 0 Å². The Labute approximate surface area is 457 Å². The van der Waals surface area contributed by atoms with Crippen molar-refractivity contribution in [2.24, 2.45) is 69.0 Å². The average Bonchev–Trinajstić information content (AvgIpc) is 3.35. The standard InChI is InChI=1S/C32H52O7.C31H48O6/c1-10-31(5,6)29(35)38-24(19-27(34)37-9)18-23(33)14-15-25-21(4)12-13-22-16-20(3)17-26(28(22)25)39-30(36)32(7,8)11-2;1-9-30(5,6)28(33)36-23-17-22(35-26(32)18-23)13-14-24-20(4)11-12-21-15-19(3)16-25(27(21)24)37-29(34)31(7,8)10-2/h12-13,16,20-21,23-26,28,33H,10-11,14-15,17-19H2,1-9H3;11-12,15,19-20,22-25,27H,9-10,13-14,16-18H2,1-8H3/t20-,21-,23+,24+,25-,26-,28?;19-,20-,22+,23-,24-,25-,27?/m00/s1. The molecule has 1 aliphatic heterocycles. The number of carbonyl (C=O) groups excluding carboxylic acids is 6. The molecule has 1 heterocycles. The summed E-state index contributed by atoms with van der Waals surface area (Å²) < 4.78 is 34.3. The Bertz CT molecular complexity index is 2120. The molecule has 0 bridgehead atoms. The molecule has 0 aromatic heterocycles. The van der Waals surface area contributed by atoms with Crippen molar-refractivity contribution < 1.29 is 62.3 Å². The monoisotopic (exact) mass is 1060 g/mol. The Balaban J connectivity index is 0.000000329. The van der Waals surface area contributed by atoms with Crippen molar-refractivity contribution in [1.82, 2.24) is 0 Å². The minimum Gasteiger partial charge on any atom is -0.469 e. The van der Waals surface area contributed by atoms with Gasteiger partial charge >= 0.3 is 35.8 Å². The second-order valence-corrected chi connectivity index (χ2v) is 25.8. The molecule has 0 amide bonds. The van der Waals surface area contributed by atoms with Gasteiger partial charge < -0.3 is 33.5 Å². The molecule has 13 heteroatoms. The maximum absolute atomic E-state index is 13.0. The van der Waals surface area contributed by atoms with Gasteiger partial charge in [-0.05, 0) is 166 Å². The first-order valence-electron chi connectivity index (χ1n) is 29.0. The number of aliphatic hydroxyl groups excluding tert-OH is 1. The largest absolute Gasteiger partial charge is 0.469 e. The van der Waals surface area contributed by atoms with Gasteiger partial charge in [-0.15, -0.1) is 0 Å². The molecule has 2 unspecified atom stereocenters. The fourth-order valence-electron chi connectivity index (χ4n) is 11.0. The number of allylic oxidation sites excluding steroid dienone is 6. The number of aliphatic hydroxyl groups is 1. The van der Waals surface area contributed by atoms with E-state index in [1.165, 1.54) is 18.3 Å². The second kappa shape index (κ2) is 27.6. The van der Waals surface area contributed by atoms with Crippen LogP contribution in [-0.4, -0.2) is 84.7 Å². The number of carbonyl (C=O) groups is 6. The van der Waals surface area contributed by atoms with E-state index in [-0.39, 0.29) is 97.0 Å². The van der Waals surface area contributed by atoms with Gasteiger partial charge in [0.1, 0.15) is 30.5 Å². The van der Waals surface area contributed by atoms with Gasteiger partial charge in [-0.3, -0.25) is 28.8 Å². The number of esters is 6. The molecule has 0 radical (unpaired) electrons. The highest BCUT2D eigenvalue weighted by molar-refractivity contribution is 5.78. The molecule has 1 saturated heterocycles. The van der Waals surface area contributed by atoms with Gasteiger partial charge in [-0.25, -0.2) is 0 Å². The lowest BCUT2D eigenvalue weighted by molar-refractivity contribution is -0.176. The van der Waals surface area contributed by atoms with Gasteiger partial charge in [-0.2, -0.15) is 0 Å². The molecular weight excluding hydrogens is 965 g/mol. The molecule has 14 atom stereocenters. The summed E-state index contributed by atoms with van der Waals surface area (Å²) in [5, 5.41) is 11.0. The quantitative estimate of drug-likeness (QED) is 0.0801. The van der Waals surface area contributed by atoms with Crippen LogP contribution in [0.3, 0.4) is 0 Å². The molecule has 0 aromatic carbocycles. The summed E-state index contributed by atoms with van der Waals surface area (Å²) in [6, 6.07) is 0. The predicted octanol–water partition coefficient (Wildman–Crippen LogP) is 12.8. The fraction of sp³-hybridized carbons (Fsp3) is 0.778. The summed E-state index contributed by atoms with van der Waals surface area (Å²) in [6.07, 6.45) is 18.6. The Kier molecular flexibility index (Phi) is 23.3. The molecule has 13 nitrogen and oxygen atoms in total. The number of cyclic esters (lactones) is 1. The molecule has 4 aliphatic carbocycles. The molecule has 0 spiro atoms. The maximum atomic E-state index is 13.0. The van der Waals surface area contributed by atoms with Crippen molar-refractivity contribution in [2.45, 2.75) is 237 Å². The van der Waals surface area contributed by atoms with E-state index in [1.54, 1.807) is 13.8 Å². The summed E-state index contributed by atoms with van der Waals surface area (Å²) in [4.78, 5) is 75.7. The van der Waals surface area contributed by atoms with Crippen molar-refractivity contribution in [3.8, 4) is 0 Å². The lowest BCUT2D eigenvalue weighted by Gasteiger charge is -2.44. The SMILES string of the molecule is CCC(C)(C)C(=O)O[C@@H](CC(=O)OC)C[C@H](O)CC[C@@H]1C2C(=C[C@H](C)C[C@@H]2OC(=O)C(C)(C)CC)C=C[C@@H]1C.CCC(C)(C)C(=O)O[C@@H]1CC(=O)O[C@H](CC[C@@H]2C3C(=C[C@H](C)C[C@@H]3OC(=O)C(C)(C)CC)C=C[C@@H]2C)C1. The van der Waals surface area contributed by atoms with Crippen molar-refractivity contribution in [3.05, 3.63) is 47.6 Å². The highest BCUT2D eigenvalue weighted by Gasteiger charge is 2.46. The third-order valence-electron chi connectivity index (χ3n) is 18.0. The van der Waals surface area contributed by atoms with Crippen LogP contribution in [0.5, 0.6) is 0 Å². The van der Waals surface area contributed by atoms with Crippen molar-refractivity contribution >= 4 is 35.8 Å². The second-order valence-electron chi connectivity index (χ2n) is 25.8. The van der Waals surface area contributed by atoms with Crippen LogP contribution in [0.1, 0.15) is 201 Å². The van der Waals surface area contributed by atoms with E-state index in [2.05, 4.69) is 64.2 Å². The zero-order chi connectivity index (χ0) is 57.1. The highest BCUT2D eigenvalue weighted by atomic mass is 16.6. The lowest BCUT2D eigenvalue weighted by Crippen LogP contribution is -2.43. The van der Waals surface area contributed by atoms with Gasteiger partial charge in [0.05, 0.1) is 47.7 Å². The first-order chi connectivity index (χ1) is 35.4. The molecular formula is C63H100O13. The number of methoxy groups -OCH3 is 1. The minimum atomic E-state index is -0.759. The van der Waals surface area contributed by atoms with Crippen LogP contribution >= 0.6 is 0 Å². The smallest absolute Gasteiger partial charge is 0.311 e. The molecule has 0 saturated carbocycles. The Morgan fingerprint density at radius 2 is 1.07 bits per heavy atom. The number of fused-ring (bicyclic) bond motifs is 2. The normalized spacial score (nSPS) is 29.3. The maximum Gasteiger partial charge on any atom is 0.311 e. The Morgan fingerprint density at radius 3 is 1.51 bits per heavy atom. The lowest BCUT2D eigenvalue weighted by atomic mass is 9.65. The van der Waals surface area contributed by atoms with E-state index in [9.17, 15) is 33.9 Å². The van der Waals surface area contributed by atoms with Gasteiger partial charge in [0.25, 0.3) is 0 Å². The Morgan fingerprint density at radius 1 is 0.632 bits per heavy atom. The molecule has 1 fully saturated rings. The van der Waals surface area contributed by atoms with Crippen LogP contribution in [-0.2, 0) is 57.2 Å². The zero-order valence-corrected chi connectivity index (χ0v) is 49.8. The number of hydrogen-bond acceptors (Lipinski definition) is 13. The Hall–Kier alpha value is -4.26. The van der Waals surface area contributed by atoms with Gasteiger partial charge in [-0.1, -0.05) is 91.8 Å². The van der Waals surface area contributed by atoms with E-state index in [1.807, 2.05) is 69.2 Å². The fourth-order valence-corrected chi connectivity index (χ4v) is 11.0. The summed E-state index contributed by atoms with van der Waals surface area (Å²) in [7, 11) is 1.30. The van der Waals surface area contributed by atoms with Crippen LogP contribution in [0.25, 0.3) is 0 Å². The van der Waals surface area contributed by atoms with E-state index < -0.39 is 45.9 Å². The van der Waals surface area contributed by atoms with Gasteiger partial charge in [0, 0.05) is 24.7 Å². The molecule has 76 heavy (non-hydrogen) atoms. The zero-order valence-electron chi connectivity index (χ0n) is 49.8. The minimum absolute atomic E-state index is 0.0686. The third kappa shape index (κ3) is 17.4. The summed E-state index contributed by atoms with van der Waals surface area (Å²) in [5.41, 5.74) is 0.167. The van der Waals surface area contributed by atoms with Crippen LogP contribution in [0, 0.1) is 69.0 Å².